The van der Waals surface area contributed by atoms with E-state index in [1.54, 1.807) is 7.11 Å². The van der Waals surface area contributed by atoms with Gasteiger partial charge in [-0.3, -0.25) is 0 Å². The van der Waals surface area contributed by atoms with Crippen LogP contribution in [0.25, 0.3) is 11.0 Å². The molecule has 118 valence electrons. The van der Waals surface area contributed by atoms with Gasteiger partial charge in [0, 0.05) is 17.0 Å². The van der Waals surface area contributed by atoms with Crippen LogP contribution in [0.15, 0.2) is 57.7 Å². The Morgan fingerprint density at radius 3 is 2.43 bits per heavy atom. The maximum atomic E-state index is 11.8. The summed E-state index contributed by atoms with van der Waals surface area (Å²) in [5, 5.41) is 0.898. The molecule has 0 unspecified atom stereocenters. The summed E-state index contributed by atoms with van der Waals surface area (Å²) in [6.07, 6.45) is 0.895. The van der Waals surface area contributed by atoms with Crippen molar-refractivity contribution in [2.45, 2.75) is 20.0 Å². The van der Waals surface area contributed by atoms with E-state index in [-0.39, 0.29) is 5.63 Å². The normalized spacial score (nSPS) is 10.7. The van der Waals surface area contributed by atoms with Gasteiger partial charge in [0.2, 0.25) is 0 Å². The molecule has 1 aromatic heterocycles. The van der Waals surface area contributed by atoms with Crippen molar-refractivity contribution < 1.29 is 13.9 Å². The lowest BCUT2D eigenvalue weighted by Crippen LogP contribution is -2.04. The molecule has 0 radical (unpaired) electrons. The van der Waals surface area contributed by atoms with E-state index in [0.29, 0.717) is 12.2 Å². The second-order valence-corrected chi connectivity index (χ2v) is 5.24. The van der Waals surface area contributed by atoms with Crippen LogP contribution < -0.4 is 15.1 Å². The monoisotopic (exact) mass is 310 g/mol. The standard InChI is InChI=1S/C19H18O4/c1-3-13-4-9-17-14(11-19(20)23-18(17)10-13)12-22-16-7-5-15(21-2)6-8-16/h4-11H,3,12H2,1-2H3. The molecule has 4 nitrogen and oxygen atoms in total. The van der Waals surface area contributed by atoms with E-state index < -0.39 is 0 Å². The van der Waals surface area contributed by atoms with E-state index in [1.807, 2.05) is 42.5 Å². The Morgan fingerprint density at radius 2 is 1.74 bits per heavy atom. The van der Waals surface area contributed by atoms with E-state index in [4.69, 9.17) is 13.9 Å². The van der Waals surface area contributed by atoms with Crippen molar-refractivity contribution in [2.24, 2.45) is 0 Å². The Kier molecular flexibility index (Phi) is 4.33. The number of ether oxygens (including phenoxy) is 2. The Morgan fingerprint density at radius 1 is 1.00 bits per heavy atom. The molecule has 0 spiro atoms. The zero-order valence-electron chi connectivity index (χ0n) is 13.2. The molecule has 3 aromatic rings. The molecule has 3 rings (SSSR count). The van der Waals surface area contributed by atoms with Crippen LogP contribution in [0.1, 0.15) is 18.1 Å². The molecular formula is C19H18O4. The lowest BCUT2D eigenvalue weighted by Gasteiger charge is -2.09. The minimum atomic E-state index is -0.362. The number of methoxy groups -OCH3 is 1. The molecule has 23 heavy (non-hydrogen) atoms. The van der Waals surface area contributed by atoms with E-state index in [1.165, 1.54) is 6.07 Å². The number of fused-ring (bicyclic) bond motifs is 1. The Labute approximate surface area is 134 Å². The summed E-state index contributed by atoms with van der Waals surface area (Å²) in [6.45, 7) is 2.37. The van der Waals surface area contributed by atoms with Crippen LogP contribution in [-0.2, 0) is 13.0 Å². The van der Waals surface area contributed by atoms with E-state index in [0.717, 1.165) is 34.4 Å². The SMILES string of the molecule is CCc1ccc2c(COc3ccc(OC)cc3)cc(=O)oc2c1. The largest absolute Gasteiger partial charge is 0.497 e. The van der Waals surface area contributed by atoms with Crippen molar-refractivity contribution in [1.82, 2.24) is 0 Å². The van der Waals surface area contributed by atoms with Gasteiger partial charge in [-0.1, -0.05) is 19.1 Å². The summed E-state index contributed by atoms with van der Waals surface area (Å²) in [5.41, 5.74) is 2.19. The lowest BCUT2D eigenvalue weighted by molar-refractivity contribution is 0.306. The number of rotatable bonds is 5. The van der Waals surface area contributed by atoms with Crippen molar-refractivity contribution in [3.63, 3.8) is 0 Å². The molecular weight excluding hydrogens is 292 g/mol. The van der Waals surface area contributed by atoms with Gasteiger partial charge in [0.1, 0.15) is 23.7 Å². The average Bonchev–Trinajstić information content (AvgIpc) is 2.59. The molecule has 0 aliphatic heterocycles. The van der Waals surface area contributed by atoms with Gasteiger partial charge in [-0.05, 0) is 42.3 Å². The van der Waals surface area contributed by atoms with Crippen LogP contribution in [0.2, 0.25) is 0 Å². The molecule has 0 aliphatic rings. The third kappa shape index (κ3) is 3.37. The topological polar surface area (TPSA) is 48.7 Å². The Bertz CT molecular complexity index is 863. The fraction of sp³-hybridized carbons (Fsp3) is 0.211. The average molecular weight is 310 g/mol. The van der Waals surface area contributed by atoms with E-state index in [9.17, 15) is 4.79 Å². The first-order chi connectivity index (χ1) is 11.2. The number of hydrogen-bond donors (Lipinski definition) is 0. The first-order valence-electron chi connectivity index (χ1n) is 7.52. The predicted octanol–water partition coefficient (Wildman–Crippen LogP) is 3.94. The highest BCUT2D eigenvalue weighted by atomic mass is 16.5. The summed E-state index contributed by atoms with van der Waals surface area (Å²) >= 11 is 0. The van der Waals surface area contributed by atoms with E-state index in [2.05, 4.69) is 6.92 Å². The summed E-state index contributed by atoms with van der Waals surface area (Å²) in [6, 6.07) is 14.7. The molecule has 0 N–H and O–H groups in total. The van der Waals surface area contributed by atoms with Crippen LogP contribution in [0.4, 0.5) is 0 Å². The highest BCUT2D eigenvalue weighted by Crippen LogP contribution is 2.22. The summed E-state index contributed by atoms with van der Waals surface area (Å²) in [4.78, 5) is 11.8. The second kappa shape index (κ2) is 6.57. The number of aryl methyl sites for hydroxylation is 1. The van der Waals surface area contributed by atoms with Crippen LogP contribution in [0, 0.1) is 0 Å². The van der Waals surface area contributed by atoms with Crippen molar-refractivity contribution in [3.8, 4) is 11.5 Å². The second-order valence-electron chi connectivity index (χ2n) is 5.24. The highest BCUT2D eigenvalue weighted by molar-refractivity contribution is 5.80. The van der Waals surface area contributed by atoms with Crippen LogP contribution >= 0.6 is 0 Å². The van der Waals surface area contributed by atoms with Gasteiger partial charge in [0.25, 0.3) is 0 Å². The van der Waals surface area contributed by atoms with Gasteiger partial charge < -0.3 is 13.9 Å². The minimum absolute atomic E-state index is 0.305. The van der Waals surface area contributed by atoms with Gasteiger partial charge in [0.15, 0.2) is 0 Å². The summed E-state index contributed by atoms with van der Waals surface area (Å²) < 4.78 is 16.2. The maximum Gasteiger partial charge on any atom is 0.336 e. The molecule has 0 fully saturated rings. The van der Waals surface area contributed by atoms with Gasteiger partial charge in [0.05, 0.1) is 7.11 Å². The molecule has 0 bridgehead atoms. The predicted molar refractivity (Wildman–Crippen MR) is 89.2 cm³/mol. The molecule has 0 aliphatic carbocycles. The quantitative estimate of drug-likeness (QED) is 0.670. The number of benzene rings is 2. The van der Waals surface area contributed by atoms with Crippen molar-refractivity contribution in [3.05, 3.63) is 70.1 Å². The van der Waals surface area contributed by atoms with Crippen LogP contribution in [0.5, 0.6) is 11.5 Å². The van der Waals surface area contributed by atoms with Gasteiger partial charge in [-0.2, -0.15) is 0 Å². The molecule has 0 amide bonds. The van der Waals surface area contributed by atoms with Crippen LogP contribution in [-0.4, -0.2) is 7.11 Å². The lowest BCUT2D eigenvalue weighted by atomic mass is 10.1. The Hall–Kier alpha value is -2.75. The fourth-order valence-corrected chi connectivity index (χ4v) is 2.45. The van der Waals surface area contributed by atoms with Crippen molar-refractivity contribution in [1.29, 1.82) is 0 Å². The third-order valence-electron chi connectivity index (χ3n) is 3.76. The molecule has 0 saturated heterocycles. The van der Waals surface area contributed by atoms with Crippen molar-refractivity contribution in [2.75, 3.05) is 7.11 Å². The minimum Gasteiger partial charge on any atom is -0.497 e. The Balaban J connectivity index is 1.88. The first-order valence-corrected chi connectivity index (χ1v) is 7.52. The first kappa shape index (κ1) is 15.2. The molecule has 0 atom stereocenters. The molecule has 1 heterocycles. The molecule has 4 heteroatoms. The summed E-state index contributed by atoms with van der Waals surface area (Å²) in [5.74, 6) is 1.49. The van der Waals surface area contributed by atoms with Crippen LogP contribution in [0.3, 0.4) is 0 Å². The number of hydrogen-bond acceptors (Lipinski definition) is 4. The van der Waals surface area contributed by atoms with Gasteiger partial charge >= 0.3 is 5.63 Å². The van der Waals surface area contributed by atoms with Crippen molar-refractivity contribution >= 4 is 11.0 Å². The van der Waals surface area contributed by atoms with E-state index >= 15 is 0 Å². The molecule has 2 aromatic carbocycles. The molecule has 0 saturated carbocycles. The maximum absolute atomic E-state index is 11.8. The van der Waals surface area contributed by atoms with Gasteiger partial charge in [-0.15, -0.1) is 0 Å². The third-order valence-corrected chi connectivity index (χ3v) is 3.76. The fourth-order valence-electron chi connectivity index (χ4n) is 2.45. The zero-order chi connectivity index (χ0) is 16.2. The summed E-state index contributed by atoms with van der Waals surface area (Å²) in [7, 11) is 1.62. The smallest absolute Gasteiger partial charge is 0.336 e. The zero-order valence-corrected chi connectivity index (χ0v) is 13.2. The highest BCUT2D eigenvalue weighted by Gasteiger charge is 2.07. The van der Waals surface area contributed by atoms with Gasteiger partial charge in [-0.25, -0.2) is 4.79 Å².